The molecule has 1 aromatic heterocycles. The Labute approximate surface area is 153 Å². The number of benzene rings is 1. The number of aromatic nitrogens is 2. The lowest BCUT2D eigenvalue weighted by atomic mass is 9.95. The first-order valence-electron chi connectivity index (χ1n) is 9.36. The van der Waals surface area contributed by atoms with E-state index in [0.717, 1.165) is 55.5 Å². The van der Waals surface area contributed by atoms with Gasteiger partial charge in [-0.2, -0.15) is 5.10 Å². The fraction of sp³-hybridized carbons (Fsp3) is 0.429. The third kappa shape index (κ3) is 3.51. The average molecular weight is 349 g/mol. The molecule has 0 saturated heterocycles. The van der Waals surface area contributed by atoms with E-state index in [2.05, 4.69) is 11.8 Å². The van der Waals surface area contributed by atoms with Crippen LogP contribution >= 0.6 is 0 Å². The summed E-state index contributed by atoms with van der Waals surface area (Å²) in [6, 6.07) is 9.20. The van der Waals surface area contributed by atoms with Crippen LogP contribution in [0.1, 0.15) is 54.2 Å². The maximum absolute atomic E-state index is 12.5. The number of hydrogen-bond acceptors (Lipinski definition) is 3. The molecular weight excluding hydrogens is 326 g/mol. The highest BCUT2D eigenvalue weighted by molar-refractivity contribution is 5.79. The number of nitrogens with one attached hydrogen (secondary N) is 1. The summed E-state index contributed by atoms with van der Waals surface area (Å²) in [6.07, 6.45) is 6.93. The van der Waals surface area contributed by atoms with E-state index in [1.807, 2.05) is 35.8 Å². The highest BCUT2D eigenvalue weighted by atomic mass is 16.5. The monoisotopic (exact) mass is 349 g/mol. The van der Waals surface area contributed by atoms with E-state index in [1.165, 1.54) is 5.56 Å². The molecule has 1 saturated carbocycles. The van der Waals surface area contributed by atoms with Crippen molar-refractivity contribution in [2.24, 2.45) is 5.92 Å². The third-order valence-electron chi connectivity index (χ3n) is 5.13. The van der Waals surface area contributed by atoms with Crippen LogP contribution in [0.2, 0.25) is 0 Å². The zero-order valence-corrected chi connectivity index (χ0v) is 14.7. The van der Waals surface area contributed by atoms with Crippen molar-refractivity contribution in [3.8, 4) is 11.8 Å². The second kappa shape index (κ2) is 7.35. The van der Waals surface area contributed by atoms with Gasteiger partial charge in [0.2, 0.25) is 0 Å². The fourth-order valence-electron chi connectivity index (χ4n) is 3.53. The van der Waals surface area contributed by atoms with E-state index in [1.54, 1.807) is 4.68 Å². The van der Waals surface area contributed by atoms with Crippen molar-refractivity contribution >= 4 is 5.91 Å². The molecule has 5 nitrogen and oxygen atoms in total. The molecule has 0 aliphatic heterocycles. The molecule has 26 heavy (non-hydrogen) atoms. The minimum Gasteiger partial charge on any atom is -0.289 e. The van der Waals surface area contributed by atoms with E-state index < -0.39 is 11.9 Å². The molecule has 5 heteroatoms. The van der Waals surface area contributed by atoms with Crippen LogP contribution in [-0.2, 0) is 24.1 Å². The largest absolute Gasteiger partial charge is 0.289 e. The number of carbonyl (C=O) groups excluding carboxylic acids is 1. The molecule has 0 bridgehead atoms. The standard InChI is InChI=1S/C21H23N3O2/c25-21(23-26)20(14-16-6-2-1-3-7-16)24-19(13-12-15-10-11-15)17-8-4-5-9-18(17)22-24/h1-3,6-7,15,20,26H,4-5,8-11,14H2,(H,23,25). The van der Waals surface area contributed by atoms with Crippen molar-refractivity contribution in [1.29, 1.82) is 0 Å². The van der Waals surface area contributed by atoms with Crippen LogP contribution in [0, 0.1) is 17.8 Å². The molecule has 0 radical (unpaired) electrons. The lowest BCUT2D eigenvalue weighted by molar-refractivity contribution is -0.133. The van der Waals surface area contributed by atoms with Gasteiger partial charge in [0.15, 0.2) is 0 Å². The molecule has 1 atom stereocenters. The van der Waals surface area contributed by atoms with E-state index in [-0.39, 0.29) is 0 Å². The Balaban J connectivity index is 1.75. The summed E-state index contributed by atoms with van der Waals surface area (Å²) in [5, 5.41) is 14.0. The average Bonchev–Trinajstić information content (AvgIpc) is 3.44. The van der Waals surface area contributed by atoms with E-state index in [9.17, 15) is 10.0 Å². The number of nitrogens with zero attached hydrogens (tertiary/aromatic N) is 2. The summed E-state index contributed by atoms with van der Waals surface area (Å²) in [7, 11) is 0. The first-order chi connectivity index (χ1) is 12.8. The summed E-state index contributed by atoms with van der Waals surface area (Å²) < 4.78 is 1.75. The molecule has 1 amide bonds. The number of hydroxylamine groups is 1. The van der Waals surface area contributed by atoms with E-state index in [4.69, 9.17) is 5.10 Å². The number of aryl methyl sites for hydroxylation is 1. The first-order valence-corrected chi connectivity index (χ1v) is 9.36. The topological polar surface area (TPSA) is 67.2 Å². The Morgan fingerprint density at radius 3 is 2.77 bits per heavy atom. The van der Waals surface area contributed by atoms with Crippen molar-refractivity contribution < 1.29 is 10.0 Å². The minimum atomic E-state index is -0.614. The molecule has 2 N–H and O–H groups in total. The number of carbonyl (C=O) groups is 1. The molecule has 1 unspecified atom stereocenters. The Hall–Kier alpha value is -2.58. The van der Waals surface area contributed by atoms with Gasteiger partial charge in [-0.15, -0.1) is 0 Å². The lowest BCUT2D eigenvalue weighted by Gasteiger charge is -2.17. The zero-order chi connectivity index (χ0) is 17.9. The van der Waals surface area contributed by atoms with Crippen LogP contribution in [0.4, 0.5) is 0 Å². The summed E-state index contributed by atoms with van der Waals surface area (Å²) in [6.45, 7) is 0. The van der Waals surface area contributed by atoms with E-state index in [0.29, 0.717) is 12.3 Å². The van der Waals surface area contributed by atoms with E-state index >= 15 is 0 Å². The van der Waals surface area contributed by atoms with Gasteiger partial charge in [0.1, 0.15) is 11.7 Å². The molecule has 2 aliphatic rings. The van der Waals surface area contributed by atoms with Gasteiger partial charge in [-0.25, -0.2) is 10.2 Å². The molecule has 1 aromatic carbocycles. The fourth-order valence-corrected chi connectivity index (χ4v) is 3.53. The molecule has 2 aliphatic carbocycles. The van der Waals surface area contributed by atoms with Gasteiger partial charge in [0.05, 0.1) is 5.69 Å². The Kier molecular flexibility index (Phi) is 4.77. The quantitative estimate of drug-likeness (QED) is 0.507. The van der Waals surface area contributed by atoms with Crippen LogP contribution in [0.3, 0.4) is 0 Å². The van der Waals surface area contributed by atoms with Crippen LogP contribution in [0.5, 0.6) is 0 Å². The van der Waals surface area contributed by atoms with Crippen LogP contribution in [0.15, 0.2) is 30.3 Å². The van der Waals surface area contributed by atoms with Gasteiger partial charge in [-0.05, 0) is 50.0 Å². The van der Waals surface area contributed by atoms with Crippen molar-refractivity contribution in [2.75, 3.05) is 0 Å². The molecule has 2 aromatic rings. The number of amides is 1. The summed E-state index contributed by atoms with van der Waals surface area (Å²) >= 11 is 0. The van der Waals surface area contributed by atoms with Crippen molar-refractivity contribution in [1.82, 2.24) is 15.3 Å². The number of rotatable bonds is 4. The third-order valence-corrected chi connectivity index (χ3v) is 5.13. The van der Waals surface area contributed by atoms with Crippen molar-refractivity contribution in [3.05, 3.63) is 52.8 Å². The Morgan fingerprint density at radius 1 is 1.27 bits per heavy atom. The Bertz CT molecular complexity index is 857. The predicted molar refractivity (Wildman–Crippen MR) is 97.6 cm³/mol. The number of fused-ring (bicyclic) bond motifs is 1. The van der Waals surface area contributed by atoms with Gasteiger partial charge in [0.25, 0.3) is 5.91 Å². The van der Waals surface area contributed by atoms with Gasteiger partial charge < -0.3 is 0 Å². The minimum absolute atomic E-state index is 0.455. The molecule has 0 spiro atoms. The van der Waals surface area contributed by atoms with Crippen molar-refractivity contribution in [3.63, 3.8) is 0 Å². The smallest absolute Gasteiger partial charge is 0.268 e. The number of hydrogen-bond donors (Lipinski definition) is 2. The van der Waals surface area contributed by atoms with Gasteiger partial charge in [-0.1, -0.05) is 36.3 Å². The SMILES string of the molecule is O=C(NO)C(Cc1ccccc1)n1nc2c(c1C#CC1CC1)CCCC2. The molecule has 1 fully saturated rings. The maximum atomic E-state index is 12.5. The second-order valence-corrected chi connectivity index (χ2v) is 7.15. The lowest BCUT2D eigenvalue weighted by Crippen LogP contribution is -2.33. The first kappa shape index (κ1) is 16.9. The molecular formula is C21H23N3O2. The summed E-state index contributed by atoms with van der Waals surface area (Å²) in [4.78, 5) is 12.5. The highest BCUT2D eigenvalue weighted by Gasteiger charge is 2.29. The molecule has 134 valence electrons. The normalized spacial score (nSPS) is 17.0. The van der Waals surface area contributed by atoms with Crippen LogP contribution < -0.4 is 5.48 Å². The predicted octanol–water partition coefficient (Wildman–Crippen LogP) is 2.81. The molecule has 1 heterocycles. The van der Waals surface area contributed by atoms with Crippen molar-refractivity contribution in [2.45, 2.75) is 51.0 Å². The van der Waals surface area contributed by atoms with Crippen LogP contribution in [-0.4, -0.2) is 20.9 Å². The molecule has 4 rings (SSSR count). The Morgan fingerprint density at radius 2 is 2.04 bits per heavy atom. The summed E-state index contributed by atoms with van der Waals surface area (Å²) in [5.74, 6) is 6.67. The van der Waals surface area contributed by atoms with Gasteiger partial charge >= 0.3 is 0 Å². The zero-order valence-electron chi connectivity index (χ0n) is 14.7. The van der Waals surface area contributed by atoms with Crippen LogP contribution in [0.25, 0.3) is 0 Å². The second-order valence-electron chi connectivity index (χ2n) is 7.15. The van der Waals surface area contributed by atoms with Gasteiger partial charge in [-0.3, -0.25) is 10.0 Å². The van der Waals surface area contributed by atoms with Gasteiger partial charge in [0, 0.05) is 17.9 Å². The highest BCUT2D eigenvalue weighted by Crippen LogP contribution is 2.30. The summed E-state index contributed by atoms with van der Waals surface area (Å²) in [5.41, 5.74) is 5.95. The maximum Gasteiger partial charge on any atom is 0.268 e.